The molecule has 1 aromatic heterocycles. The number of carbonyl (C=O) groups excluding carboxylic acids is 4. The van der Waals surface area contributed by atoms with E-state index < -0.39 is 112 Å². The second-order valence-corrected chi connectivity index (χ2v) is 38.1. The van der Waals surface area contributed by atoms with E-state index in [-0.39, 0.29) is 48.7 Å². The van der Waals surface area contributed by atoms with Crippen LogP contribution >= 0.6 is 23.1 Å². The van der Waals surface area contributed by atoms with Gasteiger partial charge in [0, 0.05) is 124 Å². The maximum Gasteiger partial charge on any atom is 0.501 e. The molecule has 108 heavy (non-hydrogen) atoms. The fourth-order valence-corrected chi connectivity index (χ4v) is 20.0. The van der Waals surface area contributed by atoms with Crippen LogP contribution in [0.5, 0.6) is 5.75 Å². The molecule has 13 rings (SSSR count). The maximum atomic E-state index is 14.8. The number of rotatable bonds is 31. The molecule has 4 saturated carbocycles. The van der Waals surface area contributed by atoms with Gasteiger partial charge in [0.1, 0.15) is 22.7 Å². The number of sulfone groups is 1. The molecule has 4 amide bonds. The molecule has 4 atom stereocenters. The van der Waals surface area contributed by atoms with E-state index in [9.17, 15) is 67.5 Å². The molecule has 4 aromatic carbocycles. The Kier molecular flexibility index (Phi) is 24.3. The molecule has 20 nitrogen and oxygen atoms in total. The fraction of sp³-hybridized carbons (Fsp3) is 0.577. The Balaban J connectivity index is 0.621. The van der Waals surface area contributed by atoms with Crippen molar-refractivity contribution in [1.82, 2.24) is 39.9 Å². The summed E-state index contributed by atoms with van der Waals surface area (Å²) < 4.78 is 150. The summed E-state index contributed by atoms with van der Waals surface area (Å²) in [6.07, 6.45) is 4.34. The van der Waals surface area contributed by atoms with E-state index in [1.807, 2.05) is 60.2 Å². The summed E-state index contributed by atoms with van der Waals surface area (Å²) in [7, 11) is -11.1. The van der Waals surface area contributed by atoms with E-state index in [1.165, 1.54) is 51.3 Å². The lowest BCUT2D eigenvalue weighted by Gasteiger charge is -2.72. The number of thioether (sulfide) groups is 1. The van der Waals surface area contributed by atoms with E-state index in [4.69, 9.17) is 4.74 Å². The maximum absolute atomic E-state index is 14.8. The number of β-amino-alcohol motifs (C(OH)–C–C–N with tert-alkyl or cyclic N) is 1. The zero-order valence-corrected chi connectivity index (χ0v) is 65.4. The molecule has 7 fully saturated rings. The van der Waals surface area contributed by atoms with E-state index in [0.29, 0.717) is 94.6 Å². The van der Waals surface area contributed by atoms with Crippen LogP contribution in [0.3, 0.4) is 0 Å². The number of unbranched alkanes of at least 4 members (excludes halogenated alkanes) is 2. The van der Waals surface area contributed by atoms with Crippen molar-refractivity contribution in [3.05, 3.63) is 124 Å². The number of likely N-dealkylation sites (tertiary alicyclic amines) is 1. The molecule has 30 heteroatoms. The van der Waals surface area contributed by atoms with Crippen molar-refractivity contribution in [1.29, 1.82) is 0 Å². The molecule has 588 valence electrons. The van der Waals surface area contributed by atoms with Crippen molar-refractivity contribution >= 4 is 78.0 Å². The summed E-state index contributed by atoms with van der Waals surface area (Å²) >= 11 is 2.92. The molecule has 0 spiro atoms. The normalized spacial score (nSPS) is 23.1. The molecule has 0 radical (unpaired) electrons. The van der Waals surface area contributed by atoms with Crippen LogP contribution in [0.1, 0.15) is 140 Å². The second kappa shape index (κ2) is 32.5. The molecule has 5 N–H and O–H groups in total. The van der Waals surface area contributed by atoms with Gasteiger partial charge in [0.25, 0.3) is 31.7 Å². The number of aromatic nitrogens is 1. The van der Waals surface area contributed by atoms with Crippen molar-refractivity contribution in [2.24, 2.45) is 21.7 Å². The number of benzene rings is 4. The standard InChI is InChI=1S/C78H100F6N10O10S4/c1-51-66(106-50-86-51)53-15-16-54(43-85-69(97)63-40-58(95)45-94(63)70(98)67(73(2,3)4)88-72(99)77(81)26-27-77)64(39-53)104-38-12-8-11-28-90-30-32-91(33-31-90)29-24-56(46-105-59-13-9-7-10-14-59)87-62-22-21-60(41-65(62)107(100,101)78(82,83)84)108(102,103)89-68(96)52-17-19-57(20-18-52)93-36-34-92(35-37-93)44-55-23-25-74(5,6)42-61(55)75-47-76(48-75,49-75)71(79)80/h7,9-10,13-22,39,41,50,56,58,63,67,71,87,95H,8,11-12,23-38,40,42-49H2,1-6H3,(H,85,97)(H,88,99)(H,89,96)/t56-,58?,63?,67-,75?,76?/m1/s1. The van der Waals surface area contributed by atoms with Crippen molar-refractivity contribution < 1.29 is 72.2 Å². The lowest BCUT2D eigenvalue weighted by Crippen LogP contribution is -2.66. The van der Waals surface area contributed by atoms with Crippen LogP contribution in [0.2, 0.25) is 0 Å². The van der Waals surface area contributed by atoms with Gasteiger partial charge in [-0.1, -0.05) is 76.1 Å². The summed E-state index contributed by atoms with van der Waals surface area (Å²) in [5.74, 6) is -2.15. The van der Waals surface area contributed by atoms with Crippen LogP contribution in [-0.2, 0) is 40.8 Å². The number of alkyl halides is 6. The number of piperazine rings is 2. The first-order valence-corrected chi connectivity index (χ1v) is 42.3. The number of aryl methyl sites for hydroxylation is 1. The Hall–Kier alpha value is -6.80. The van der Waals surface area contributed by atoms with Gasteiger partial charge in [-0.3, -0.25) is 24.1 Å². The highest BCUT2D eigenvalue weighted by atomic mass is 32.2. The highest BCUT2D eigenvalue weighted by Gasteiger charge is 2.73. The number of thiazole rings is 1. The number of hydrogen-bond donors (Lipinski definition) is 5. The first-order valence-electron chi connectivity index (χ1n) is 37.4. The minimum atomic E-state index is -6.17. The third-order valence-corrected chi connectivity index (χ3v) is 27.8. The monoisotopic (exact) mass is 1580 g/mol. The van der Waals surface area contributed by atoms with Gasteiger partial charge in [-0.15, -0.1) is 23.1 Å². The zero-order chi connectivity index (χ0) is 77.4. The Labute approximate surface area is 637 Å². The Morgan fingerprint density at radius 2 is 1.49 bits per heavy atom. The molecule has 3 aliphatic heterocycles. The van der Waals surface area contributed by atoms with Crippen LogP contribution in [-0.4, -0.2) is 203 Å². The van der Waals surface area contributed by atoms with E-state index in [0.717, 1.165) is 110 Å². The van der Waals surface area contributed by atoms with Crippen molar-refractivity contribution in [2.45, 2.75) is 188 Å². The van der Waals surface area contributed by atoms with E-state index in [2.05, 4.69) is 54.4 Å². The fourth-order valence-electron chi connectivity index (χ4n) is 16.2. The number of sulfonamides is 1. The summed E-state index contributed by atoms with van der Waals surface area (Å²) in [5.41, 5.74) is -2.12. The quantitative estimate of drug-likeness (QED) is 0.0120. The molecule has 8 aliphatic rings. The van der Waals surface area contributed by atoms with Crippen molar-refractivity contribution in [3.8, 4) is 16.2 Å². The number of aliphatic hydroxyl groups is 1. The molecule has 5 aromatic rings. The van der Waals surface area contributed by atoms with Crippen LogP contribution in [0.4, 0.5) is 37.7 Å². The number of hydrogen-bond acceptors (Lipinski definition) is 18. The van der Waals surface area contributed by atoms with Gasteiger partial charge in [-0.2, -0.15) is 13.2 Å². The highest BCUT2D eigenvalue weighted by Crippen LogP contribution is 2.79. The van der Waals surface area contributed by atoms with Crippen molar-refractivity contribution in [2.75, 3.05) is 101 Å². The molecule has 4 heterocycles. The van der Waals surface area contributed by atoms with E-state index >= 15 is 0 Å². The van der Waals surface area contributed by atoms with Gasteiger partial charge in [0.2, 0.25) is 18.2 Å². The lowest BCUT2D eigenvalue weighted by atomic mass is 9.32. The molecule has 5 aliphatic carbocycles. The van der Waals surface area contributed by atoms with Gasteiger partial charge < -0.3 is 45.4 Å². The van der Waals surface area contributed by atoms with Crippen LogP contribution in [0.25, 0.3) is 10.4 Å². The molecule has 3 saturated heterocycles. The van der Waals surface area contributed by atoms with Crippen LogP contribution in [0.15, 0.2) is 122 Å². The van der Waals surface area contributed by atoms with Crippen LogP contribution < -0.4 is 30.3 Å². The Morgan fingerprint density at radius 3 is 2.13 bits per heavy atom. The SMILES string of the molecule is Cc1ncsc1-c1ccc(CNC(=O)C2CC(O)CN2C(=O)[C@@H](NC(=O)C2(F)CC2)C(C)(C)C)c(OCCCCCN2CCN(CC[C@H](CSc3ccccc3)Nc3ccc(S(=O)(=O)NC(=O)c4ccc(N5CCN(CC6=C(C78CC(C(F)F)(C7)C8)CC(C)(C)CC6)CC5)cc4)cc3S(=O)(=O)C(F)(F)F)CC2)c1. The summed E-state index contributed by atoms with van der Waals surface area (Å²) in [6, 6.07) is 20.9. The number of allylic oxidation sites excluding steroid dienone is 1. The average Bonchev–Trinajstić information content (AvgIpc) is 0.753. The van der Waals surface area contributed by atoms with Crippen molar-refractivity contribution in [3.63, 3.8) is 0 Å². The molecular formula is C78H100F6N10O10S4. The van der Waals surface area contributed by atoms with Gasteiger partial charge in [-0.25, -0.2) is 39.7 Å². The average molecular weight is 1580 g/mol. The van der Waals surface area contributed by atoms with Gasteiger partial charge in [0.05, 0.1) is 39.4 Å². The first kappa shape index (κ1) is 80.7. The van der Waals surface area contributed by atoms with Crippen LogP contribution in [0, 0.1) is 28.6 Å². The van der Waals surface area contributed by atoms with Gasteiger partial charge >= 0.3 is 5.51 Å². The minimum absolute atomic E-state index is 0.0207. The largest absolute Gasteiger partial charge is 0.501 e. The minimum Gasteiger partial charge on any atom is -0.493 e. The number of halogens is 6. The van der Waals surface area contributed by atoms with Gasteiger partial charge in [0.15, 0.2) is 5.67 Å². The number of aliphatic hydroxyl groups excluding tert-OH is 1. The first-order chi connectivity index (χ1) is 51.0. The predicted molar refractivity (Wildman–Crippen MR) is 405 cm³/mol. The smallest absolute Gasteiger partial charge is 0.493 e. The number of amides is 4. The third-order valence-electron chi connectivity index (χ3n) is 22.8. The summed E-state index contributed by atoms with van der Waals surface area (Å²) in [6.45, 7) is 19.8. The zero-order valence-electron chi connectivity index (χ0n) is 62.1. The van der Waals surface area contributed by atoms with Gasteiger partial charge in [-0.05, 0) is 173 Å². The van der Waals surface area contributed by atoms with E-state index in [1.54, 1.807) is 38.4 Å². The summed E-state index contributed by atoms with van der Waals surface area (Å²) in [5, 5.41) is 19.4. The lowest BCUT2D eigenvalue weighted by molar-refractivity contribution is -0.250. The number of ether oxygens (including phenoxy) is 1. The molecular weight excluding hydrogens is 1480 g/mol. The second-order valence-electron chi connectivity index (χ2n) is 32.5. The molecule has 2 bridgehead atoms. The molecule has 2 unspecified atom stereocenters. The number of anilines is 2. The Morgan fingerprint density at radius 1 is 0.815 bits per heavy atom. The number of nitrogens with one attached hydrogen (secondary N) is 4. The topological polar surface area (TPSA) is 243 Å². The summed E-state index contributed by atoms with van der Waals surface area (Å²) in [4.78, 5) is 69.0. The number of nitrogens with zero attached hydrogens (tertiary/aromatic N) is 6. The Bertz CT molecular complexity index is 4330. The third kappa shape index (κ3) is 18.5. The number of carbonyl (C=O) groups is 4. The highest BCUT2D eigenvalue weighted by molar-refractivity contribution is 7.99. The predicted octanol–water partition coefficient (Wildman–Crippen LogP) is 12.0.